The number of hydrogen-bond donors (Lipinski definition) is 2. The van der Waals surface area contributed by atoms with E-state index < -0.39 is 0 Å². The quantitative estimate of drug-likeness (QED) is 0.566. The molecule has 0 spiro atoms. The average Bonchev–Trinajstić information content (AvgIpc) is 2.69. The van der Waals surface area contributed by atoms with Crippen LogP contribution in [0.4, 0.5) is 0 Å². The lowest BCUT2D eigenvalue weighted by Crippen LogP contribution is -1.97. The summed E-state index contributed by atoms with van der Waals surface area (Å²) < 4.78 is 5.16. The van der Waals surface area contributed by atoms with Crippen LogP contribution in [0.5, 0.6) is 17.2 Å². The van der Waals surface area contributed by atoms with Gasteiger partial charge >= 0.3 is 0 Å². The van der Waals surface area contributed by atoms with Gasteiger partial charge in [0, 0.05) is 28.6 Å². The number of hydrogen-bond acceptors (Lipinski definition) is 5. The number of pyridine rings is 2. The maximum atomic E-state index is 10.5. The molecule has 0 unspecified atom stereocenters. The Bertz CT molecular complexity index is 1060. The summed E-state index contributed by atoms with van der Waals surface area (Å²) in [5.74, 6) is 0.673. The molecule has 0 aliphatic heterocycles. The summed E-state index contributed by atoms with van der Waals surface area (Å²) in [4.78, 5) is 9.22. The van der Waals surface area contributed by atoms with Crippen molar-refractivity contribution in [2.75, 3.05) is 7.11 Å². The van der Waals surface area contributed by atoms with Crippen LogP contribution in [0.15, 0.2) is 48.5 Å². The summed E-state index contributed by atoms with van der Waals surface area (Å²) >= 11 is 0. The minimum absolute atomic E-state index is 0.0357. The molecule has 136 valence electrons. The largest absolute Gasteiger partial charge is 0.505 e. The number of ether oxygens (including phenoxy) is 1. The van der Waals surface area contributed by atoms with Gasteiger partial charge in [-0.05, 0) is 36.2 Å². The Balaban J connectivity index is 1.75. The van der Waals surface area contributed by atoms with E-state index in [4.69, 9.17) is 4.74 Å². The summed E-state index contributed by atoms with van der Waals surface area (Å²) in [6.07, 6.45) is 1.25. The van der Waals surface area contributed by atoms with Gasteiger partial charge in [-0.1, -0.05) is 31.2 Å². The molecule has 2 heterocycles. The Morgan fingerprint density at radius 3 is 1.93 bits per heavy atom. The van der Waals surface area contributed by atoms with Crippen molar-refractivity contribution in [3.8, 4) is 17.2 Å². The Morgan fingerprint density at radius 1 is 0.778 bits per heavy atom. The van der Waals surface area contributed by atoms with Crippen molar-refractivity contribution in [1.29, 1.82) is 0 Å². The standard InChI is InChI=1S/C22H20N2O3/c1-3-13-4-5-14-6-9-16(23-19(14)21(13)25)12-17-10-7-15-8-11-18(27-2)22(26)20(15)24-17/h4-11,25-26H,3,12H2,1-2H3. The predicted octanol–water partition coefficient (Wildman–Crippen LogP) is 4.36. The van der Waals surface area contributed by atoms with Crippen molar-refractivity contribution in [2.45, 2.75) is 19.8 Å². The van der Waals surface area contributed by atoms with Crippen molar-refractivity contribution in [3.05, 3.63) is 65.5 Å². The zero-order valence-corrected chi connectivity index (χ0v) is 15.2. The minimum atomic E-state index is 0.0357. The number of fused-ring (bicyclic) bond motifs is 2. The molecule has 4 rings (SSSR count). The van der Waals surface area contributed by atoms with E-state index in [0.717, 1.165) is 34.1 Å². The van der Waals surface area contributed by atoms with Gasteiger partial charge in [0.2, 0.25) is 0 Å². The van der Waals surface area contributed by atoms with Gasteiger partial charge in [0.25, 0.3) is 0 Å². The number of nitrogens with zero attached hydrogens (tertiary/aromatic N) is 2. The second kappa shape index (κ2) is 6.76. The second-order valence-electron chi connectivity index (χ2n) is 6.47. The maximum Gasteiger partial charge on any atom is 0.184 e. The minimum Gasteiger partial charge on any atom is -0.505 e. The van der Waals surface area contributed by atoms with E-state index in [-0.39, 0.29) is 11.5 Å². The van der Waals surface area contributed by atoms with E-state index in [9.17, 15) is 10.2 Å². The monoisotopic (exact) mass is 360 g/mol. The number of aromatic nitrogens is 2. The van der Waals surface area contributed by atoms with Gasteiger partial charge in [-0.15, -0.1) is 0 Å². The van der Waals surface area contributed by atoms with Crippen LogP contribution in [0.25, 0.3) is 21.8 Å². The van der Waals surface area contributed by atoms with Gasteiger partial charge in [-0.3, -0.25) is 0 Å². The van der Waals surface area contributed by atoms with E-state index in [2.05, 4.69) is 9.97 Å². The summed E-state index contributed by atoms with van der Waals surface area (Å²) in [6.45, 7) is 2.00. The van der Waals surface area contributed by atoms with Gasteiger partial charge in [0.15, 0.2) is 11.5 Å². The Kier molecular flexibility index (Phi) is 4.28. The van der Waals surface area contributed by atoms with E-state index in [0.29, 0.717) is 23.2 Å². The van der Waals surface area contributed by atoms with Gasteiger partial charge in [-0.2, -0.15) is 0 Å². The van der Waals surface area contributed by atoms with Gasteiger partial charge in [0.05, 0.1) is 7.11 Å². The molecular weight excluding hydrogens is 340 g/mol. The fourth-order valence-electron chi connectivity index (χ4n) is 3.28. The number of phenolic OH excluding ortho intramolecular Hbond substituents is 2. The highest BCUT2D eigenvalue weighted by atomic mass is 16.5. The molecule has 0 saturated carbocycles. The molecule has 0 atom stereocenters. The first-order valence-corrected chi connectivity index (χ1v) is 8.86. The summed E-state index contributed by atoms with van der Waals surface area (Å²) in [5, 5.41) is 22.5. The first kappa shape index (κ1) is 17.1. The van der Waals surface area contributed by atoms with Crippen LogP contribution in [0.2, 0.25) is 0 Å². The molecule has 2 aromatic heterocycles. The molecule has 0 saturated heterocycles. The molecule has 0 amide bonds. The lowest BCUT2D eigenvalue weighted by Gasteiger charge is -2.09. The van der Waals surface area contributed by atoms with Crippen molar-refractivity contribution in [1.82, 2.24) is 9.97 Å². The summed E-state index contributed by atoms with van der Waals surface area (Å²) in [6, 6.07) is 15.2. The third kappa shape index (κ3) is 3.01. The fraction of sp³-hybridized carbons (Fsp3) is 0.182. The van der Waals surface area contributed by atoms with Crippen molar-refractivity contribution in [3.63, 3.8) is 0 Å². The predicted molar refractivity (Wildman–Crippen MR) is 106 cm³/mol. The highest BCUT2D eigenvalue weighted by Gasteiger charge is 2.11. The molecule has 0 fully saturated rings. The second-order valence-corrected chi connectivity index (χ2v) is 6.47. The SMILES string of the molecule is CCc1ccc2ccc(Cc3ccc4ccc(OC)c(O)c4n3)nc2c1O. The molecule has 0 radical (unpaired) electrons. The van der Waals surface area contributed by atoms with Gasteiger partial charge in [0.1, 0.15) is 16.8 Å². The highest BCUT2D eigenvalue weighted by molar-refractivity contribution is 5.87. The molecule has 27 heavy (non-hydrogen) atoms. The molecule has 4 aromatic rings. The maximum absolute atomic E-state index is 10.5. The molecule has 2 N–H and O–H groups in total. The molecule has 0 aliphatic rings. The van der Waals surface area contributed by atoms with E-state index in [1.54, 1.807) is 6.07 Å². The molecular formula is C22H20N2O3. The van der Waals surface area contributed by atoms with Crippen LogP contribution in [0.3, 0.4) is 0 Å². The lowest BCUT2D eigenvalue weighted by atomic mass is 10.1. The smallest absolute Gasteiger partial charge is 0.184 e. The zero-order chi connectivity index (χ0) is 19.0. The number of rotatable bonds is 4. The third-order valence-corrected chi connectivity index (χ3v) is 4.80. The number of benzene rings is 2. The summed E-state index contributed by atoms with van der Waals surface area (Å²) in [7, 11) is 1.51. The van der Waals surface area contributed by atoms with E-state index in [1.165, 1.54) is 7.11 Å². The van der Waals surface area contributed by atoms with Crippen molar-refractivity contribution < 1.29 is 14.9 Å². The zero-order valence-electron chi connectivity index (χ0n) is 15.2. The van der Waals surface area contributed by atoms with Crippen LogP contribution in [0, 0.1) is 0 Å². The number of phenols is 2. The molecule has 5 nitrogen and oxygen atoms in total. The van der Waals surface area contributed by atoms with Gasteiger partial charge in [-0.25, -0.2) is 9.97 Å². The lowest BCUT2D eigenvalue weighted by molar-refractivity contribution is 0.376. The van der Waals surface area contributed by atoms with Crippen LogP contribution in [-0.4, -0.2) is 27.3 Å². The Hall–Kier alpha value is -3.34. The molecule has 0 bridgehead atoms. The van der Waals surface area contributed by atoms with E-state index >= 15 is 0 Å². The average molecular weight is 360 g/mol. The normalized spacial score (nSPS) is 11.2. The Labute approximate surface area is 156 Å². The van der Waals surface area contributed by atoms with Crippen molar-refractivity contribution >= 4 is 21.8 Å². The molecule has 2 aromatic carbocycles. The first-order valence-electron chi connectivity index (χ1n) is 8.86. The number of aryl methyl sites for hydroxylation is 1. The molecule has 5 heteroatoms. The summed E-state index contributed by atoms with van der Waals surface area (Å²) in [5.41, 5.74) is 3.58. The number of methoxy groups -OCH3 is 1. The molecule has 0 aliphatic carbocycles. The first-order chi connectivity index (χ1) is 13.1. The highest BCUT2D eigenvalue weighted by Crippen LogP contribution is 2.33. The van der Waals surface area contributed by atoms with Crippen molar-refractivity contribution in [2.24, 2.45) is 0 Å². The number of aromatic hydroxyl groups is 2. The topological polar surface area (TPSA) is 75.5 Å². The third-order valence-electron chi connectivity index (χ3n) is 4.80. The Morgan fingerprint density at radius 2 is 1.33 bits per heavy atom. The van der Waals surface area contributed by atoms with Crippen LogP contribution in [0.1, 0.15) is 23.9 Å². The fourth-order valence-corrected chi connectivity index (χ4v) is 3.28. The van der Waals surface area contributed by atoms with Crippen LogP contribution in [-0.2, 0) is 12.8 Å². The van der Waals surface area contributed by atoms with Crippen LogP contribution < -0.4 is 4.74 Å². The van der Waals surface area contributed by atoms with E-state index in [1.807, 2.05) is 49.4 Å². The van der Waals surface area contributed by atoms with Crippen LogP contribution >= 0.6 is 0 Å². The van der Waals surface area contributed by atoms with Gasteiger partial charge < -0.3 is 14.9 Å².